The van der Waals surface area contributed by atoms with Gasteiger partial charge >= 0.3 is 0 Å². The maximum atomic E-state index is 8.90. The van der Waals surface area contributed by atoms with Crippen molar-refractivity contribution in [2.75, 3.05) is 11.9 Å². The zero-order chi connectivity index (χ0) is 15.3. The van der Waals surface area contributed by atoms with Crippen molar-refractivity contribution < 1.29 is 5.11 Å². The van der Waals surface area contributed by atoms with E-state index in [0.29, 0.717) is 6.42 Å². The van der Waals surface area contributed by atoms with Gasteiger partial charge in [0.25, 0.3) is 0 Å². The van der Waals surface area contributed by atoms with Crippen LogP contribution in [0.5, 0.6) is 0 Å². The fourth-order valence-corrected chi connectivity index (χ4v) is 2.25. The molecule has 0 radical (unpaired) electrons. The second kappa shape index (κ2) is 6.77. The first-order chi connectivity index (χ1) is 9.99. The van der Waals surface area contributed by atoms with Crippen LogP contribution in [-0.4, -0.2) is 11.7 Å². The van der Waals surface area contributed by atoms with Crippen LogP contribution < -0.4 is 5.32 Å². The summed E-state index contributed by atoms with van der Waals surface area (Å²) in [5, 5.41) is 12.3. The summed E-state index contributed by atoms with van der Waals surface area (Å²) in [5.74, 6) is 0. The van der Waals surface area contributed by atoms with Crippen LogP contribution in [-0.2, 0) is 18.4 Å². The van der Waals surface area contributed by atoms with Gasteiger partial charge in [-0.2, -0.15) is 0 Å². The first kappa shape index (κ1) is 15.6. The van der Waals surface area contributed by atoms with E-state index in [1.54, 1.807) is 0 Å². The van der Waals surface area contributed by atoms with Gasteiger partial charge in [0.15, 0.2) is 0 Å². The normalized spacial score (nSPS) is 11.4. The van der Waals surface area contributed by atoms with E-state index in [4.69, 9.17) is 5.11 Å². The summed E-state index contributed by atoms with van der Waals surface area (Å²) >= 11 is 0. The molecule has 2 heteroatoms. The van der Waals surface area contributed by atoms with Crippen molar-refractivity contribution in [3.05, 3.63) is 65.2 Å². The summed E-state index contributed by atoms with van der Waals surface area (Å²) in [6.07, 6.45) is 0.717. The third-order valence-corrected chi connectivity index (χ3v) is 3.67. The molecule has 0 saturated heterocycles. The minimum absolute atomic E-state index is 0.201. The van der Waals surface area contributed by atoms with Crippen molar-refractivity contribution >= 4 is 5.69 Å². The van der Waals surface area contributed by atoms with Crippen molar-refractivity contribution in [1.82, 2.24) is 0 Å². The number of anilines is 1. The summed E-state index contributed by atoms with van der Waals surface area (Å²) in [6.45, 7) is 7.72. The van der Waals surface area contributed by atoms with Gasteiger partial charge in [0, 0.05) is 18.8 Å². The summed E-state index contributed by atoms with van der Waals surface area (Å²) in [4.78, 5) is 0. The average Bonchev–Trinajstić information content (AvgIpc) is 2.46. The van der Waals surface area contributed by atoms with E-state index in [9.17, 15) is 0 Å². The molecule has 0 heterocycles. The van der Waals surface area contributed by atoms with Crippen molar-refractivity contribution in [1.29, 1.82) is 0 Å². The lowest BCUT2D eigenvalue weighted by Gasteiger charge is -2.19. The molecular formula is C19H25NO. The summed E-state index contributed by atoms with van der Waals surface area (Å²) in [5.41, 5.74) is 5.12. The minimum Gasteiger partial charge on any atom is -0.396 e. The molecule has 0 aliphatic rings. The van der Waals surface area contributed by atoms with E-state index < -0.39 is 0 Å². The van der Waals surface area contributed by atoms with Gasteiger partial charge in [-0.1, -0.05) is 57.2 Å². The van der Waals surface area contributed by atoms with Gasteiger partial charge in [0.05, 0.1) is 0 Å². The molecule has 0 aromatic heterocycles. The van der Waals surface area contributed by atoms with Gasteiger partial charge in [-0.05, 0) is 40.7 Å². The molecule has 2 rings (SSSR count). The average molecular weight is 283 g/mol. The quantitative estimate of drug-likeness (QED) is 0.864. The molecule has 0 aliphatic heterocycles. The Morgan fingerprint density at radius 1 is 0.857 bits per heavy atom. The first-order valence-electron chi connectivity index (χ1n) is 7.52. The van der Waals surface area contributed by atoms with Gasteiger partial charge in [-0.15, -0.1) is 0 Å². The van der Waals surface area contributed by atoms with Gasteiger partial charge in [0.2, 0.25) is 0 Å². The summed E-state index contributed by atoms with van der Waals surface area (Å²) < 4.78 is 0. The molecule has 0 unspecified atom stereocenters. The highest BCUT2D eigenvalue weighted by Crippen LogP contribution is 2.22. The SMILES string of the molecule is CC(C)(C)c1ccc(CNc2ccc(CCO)cc2)cc1. The van der Waals surface area contributed by atoms with Crippen LogP contribution in [0.1, 0.15) is 37.5 Å². The molecule has 21 heavy (non-hydrogen) atoms. The Labute approximate surface area is 127 Å². The molecule has 0 amide bonds. The number of aliphatic hydroxyl groups excluding tert-OH is 1. The van der Waals surface area contributed by atoms with Crippen molar-refractivity contribution in [3.8, 4) is 0 Å². The minimum atomic E-state index is 0.201. The monoisotopic (exact) mass is 283 g/mol. The molecule has 0 atom stereocenters. The van der Waals surface area contributed by atoms with Gasteiger partial charge < -0.3 is 10.4 Å². The highest BCUT2D eigenvalue weighted by molar-refractivity contribution is 5.45. The van der Waals surface area contributed by atoms with E-state index in [2.05, 4.69) is 74.6 Å². The van der Waals surface area contributed by atoms with E-state index in [1.165, 1.54) is 11.1 Å². The number of rotatable bonds is 5. The molecule has 2 nitrogen and oxygen atoms in total. The van der Waals surface area contributed by atoms with Gasteiger partial charge in [0.1, 0.15) is 0 Å². The molecule has 0 fully saturated rings. The fraction of sp³-hybridized carbons (Fsp3) is 0.368. The number of aliphatic hydroxyl groups is 1. The molecule has 2 aromatic carbocycles. The standard InChI is InChI=1S/C19H25NO/c1-19(2,3)17-8-4-16(5-9-17)14-20-18-10-6-15(7-11-18)12-13-21/h4-11,20-21H,12-14H2,1-3H3. The number of benzene rings is 2. The van der Waals surface area contributed by atoms with Gasteiger partial charge in [-0.25, -0.2) is 0 Å². The lowest BCUT2D eigenvalue weighted by atomic mass is 9.87. The summed E-state index contributed by atoms with van der Waals surface area (Å²) in [6, 6.07) is 17.0. The van der Waals surface area contributed by atoms with Crippen LogP contribution in [0.25, 0.3) is 0 Å². The first-order valence-corrected chi connectivity index (χ1v) is 7.52. The topological polar surface area (TPSA) is 32.3 Å². The van der Waals surface area contributed by atoms with Crippen LogP contribution in [0, 0.1) is 0 Å². The molecule has 2 N–H and O–H groups in total. The second-order valence-electron chi connectivity index (χ2n) is 6.47. The highest BCUT2D eigenvalue weighted by atomic mass is 16.2. The molecule has 2 aromatic rings. The Morgan fingerprint density at radius 2 is 1.43 bits per heavy atom. The molecule has 0 bridgehead atoms. The second-order valence-corrected chi connectivity index (χ2v) is 6.47. The van der Waals surface area contributed by atoms with Crippen LogP contribution in [0.4, 0.5) is 5.69 Å². The predicted molar refractivity (Wildman–Crippen MR) is 89.7 cm³/mol. The van der Waals surface area contributed by atoms with Gasteiger partial charge in [-0.3, -0.25) is 0 Å². The van der Waals surface area contributed by atoms with E-state index in [1.807, 2.05) is 0 Å². The van der Waals surface area contributed by atoms with Crippen molar-refractivity contribution in [3.63, 3.8) is 0 Å². The number of hydrogen-bond donors (Lipinski definition) is 2. The maximum absolute atomic E-state index is 8.90. The smallest absolute Gasteiger partial charge is 0.0471 e. The number of hydrogen-bond acceptors (Lipinski definition) is 2. The fourth-order valence-electron chi connectivity index (χ4n) is 2.25. The maximum Gasteiger partial charge on any atom is 0.0471 e. The van der Waals surface area contributed by atoms with Crippen LogP contribution in [0.3, 0.4) is 0 Å². The molecule has 0 aliphatic carbocycles. The number of nitrogens with one attached hydrogen (secondary N) is 1. The van der Waals surface area contributed by atoms with Crippen molar-refractivity contribution in [2.24, 2.45) is 0 Å². The van der Waals surface area contributed by atoms with E-state index in [-0.39, 0.29) is 12.0 Å². The molecule has 112 valence electrons. The van der Waals surface area contributed by atoms with Crippen LogP contribution >= 0.6 is 0 Å². The Morgan fingerprint density at radius 3 is 1.95 bits per heavy atom. The zero-order valence-electron chi connectivity index (χ0n) is 13.2. The highest BCUT2D eigenvalue weighted by Gasteiger charge is 2.12. The Balaban J connectivity index is 1.93. The Kier molecular flexibility index (Phi) is 5.03. The lowest BCUT2D eigenvalue weighted by molar-refractivity contribution is 0.299. The van der Waals surface area contributed by atoms with Crippen LogP contribution in [0.15, 0.2) is 48.5 Å². The van der Waals surface area contributed by atoms with Crippen LogP contribution in [0.2, 0.25) is 0 Å². The largest absolute Gasteiger partial charge is 0.396 e. The third kappa shape index (κ3) is 4.61. The zero-order valence-corrected chi connectivity index (χ0v) is 13.2. The lowest BCUT2D eigenvalue weighted by Crippen LogP contribution is -2.11. The Hall–Kier alpha value is -1.80. The van der Waals surface area contributed by atoms with E-state index in [0.717, 1.165) is 17.8 Å². The van der Waals surface area contributed by atoms with E-state index >= 15 is 0 Å². The molecular weight excluding hydrogens is 258 g/mol. The van der Waals surface area contributed by atoms with Crippen molar-refractivity contribution in [2.45, 2.75) is 39.2 Å². The predicted octanol–water partition coefficient (Wildman–Crippen LogP) is 4.13. The molecule has 0 spiro atoms. The summed E-state index contributed by atoms with van der Waals surface area (Å²) in [7, 11) is 0. The molecule has 0 saturated carbocycles. The third-order valence-electron chi connectivity index (χ3n) is 3.67. The Bertz CT molecular complexity index is 550.